The van der Waals surface area contributed by atoms with E-state index in [4.69, 9.17) is 0 Å². The molecular formula is C12H25B. The smallest absolute Gasteiger partial charge is 0.0654 e. The van der Waals surface area contributed by atoms with Crippen LogP contribution in [0.15, 0.2) is 0 Å². The molecule has 2 rings (SSSR count). The van der Waals surface area contributed by atoms with E-state index in [1.807, 2.05) is 0 Å². The first kappa shape index (κ1) is 11.1. The van der Waals surface area contributed by atoms with E-state index < -0.39 is 0 Å². The van der Waals surface area contributed by atoms with Crippen molar-refractivity contribution in [3.8, 4) is 0 Å². The lowest BCUT2D eigenvalue weighted by molar-refractivity contribution is 0.455. The van der Waals surface area contributed by atoms with E-state index >= 15 is 0 Å². The van der Waals surface area contributed by atoms with E-state index in [1.165, 1.54) is 12.8 Å². The monoisotopic (exact) mass is 180 g/mol. The molecule has 76 valence electrons. The first-order valence-corrected chi connectivity index (χ1v) is 6.18. The molecule has 2 aliphatic heterocycles. The van der Waals surface area contributed by atoms with Crippen molar-refractivity contribution >= 4 is 7.28 Å². The van der Waals surface area contributed by atoms with E-state index in [-0.39, 0.29) is 0 Å². The summed E-state index contributed by atoms with van der Waals surface area (Å²) in [5, 5.41) is 0. The normalized spacial score (nSPS) is 31.7. The summed E-state index contributed by atoms with van der Waals surface area (Å²) in [5.74, 6) is 3.13. The van der Waals surface area contributed by atoms with Gasteiger partial charge in [0.1, 0.15) is 7.28 Å². The van der Waals surface area contributed by atoms with Crippen molar-refractivity contribution in [3.05, 3.63) is 0 Å². The molecule has 0 atom stereocenters. The predicted molar refractivity (Wildman–Crippen MR) is 62.9 cm³/mol. The van der Waals surface area contributed by atoms with E-state index in [0.717, 1.165) is 17.6 Å². The summed E-state index contributed by atoms with van der Waals surface area (Å²) in [5.41, 5.74) is 0. The van der Waals surface area contributed by atoms with Gasteiger partial charge in [-0.25, -0.2) is 0 Å². The second kappa shape index (κ2) is 5.72. The Morgan fingerprint density at radius 1 is 0.846 bits per heavy atom. The lowest BCUT2D eigenvalue weighted by Crippen LogP contribution is -2.21. The molecule has 0 aromatic rings. The molecule has 0 spiro atoms. The van der Waals surface area contributed by atoms with Crippen LogP contribution in [0.5, 0.6) is 0 Å². The predicted octanol–water partition coefficient (Wildman–Crippen LogP) is 4.03. The molecule has 0 radical (unpaired) electrons. The highest BCUT2D eigenvalue weighted by atomic mass is 14.2. The molecule has 1 heteroatoms. The van der Waals surface area contributed by atoms with Crippen LogP contribution in [-0.2, 0) is 0 Å². The van der Waals surface area contributed by atoms with E-state index in [2.05, 4.69) is 20.8 Å². The fourth-order valence-corrected chi connectivity index (χ4v) is 2.62. The van der Waals surface area contributed by atoms with E-state index in [0.29, 0.717) is 0 Å². The molecule has 2 bridgehead atoms. The maximum atomic E-state index is 2.17. The van der Waals surface area contributed by atoms with Crippen LogP contribution in [0, 0.1) is 5.92 Å². The zero-order valence-electron chi connectivity index (χ0n) is 9.68. The molecule has 13 heavy (non-hydrogen) atoms. The Morgan fingerprint density at radius 3 is 1.38 bits per heavy atom. The number of hydrogen-bond donors (Lipinski definition) is 0. The minimum Gasteiger partial charge on any atom is -0.0654 e. The summed E-state index contributed by atoms with van der Waals surface area (Å²) in [6, 6.07) is 0. The van der Waals surface area contributed by atoms with Gasteiger partial charge in [0, 0.05) is 0 Å². The average Bonchev–Trinajstić information content (AvgIpc) is 2.03. The van der Waals surface area contributed by atoms with Crippen molar-refractivity contribution in [2.45, 2.75) is 70.9 Å². The van der Waals surface area contributed by atoms with Gasteiger partial charge in [0.15, 0.2) is 0 Å². The largest absolute Gasteiger partial charge is 0.127 e. The summed E-state index contributed by atoms with van der Waals surface area (Å²) in [6.07, 6.45) is 9.28. The van der Waals surface area contributed by atoms with Crippen molar-refractivity contribution < 1.29 is 0 Å². The number of rotatable bonds is 0. The molecule has 2 fully saturated rings. The van der Waals surface area contributed by atoms with Gasteiger partial charge in [0.05, 0.1) is 0 Å². The van der Waals surface area contributed by atoms with Gasteiger partial charge in [-0.3, -0.25) is 0 Å². The van der Waals surface area contributed by atoms with Gasteiger partial charge in [-0.2, -0.15) is 0 Å². The molecule has 0 aliphatic carbocycles. The lowest BCUT2D eigenvalue weighted by Gasteiger charge is -2.32. The Bertz CT molecular complexity index is 108. The molecule has 2 heterocycles. The maximum absolute atomic E-state index is 2.17. The van der Waals surface area contributed by atoms with Crippen LogP contribution < -0.4 is 0 Å². The standard InChI is InChI=1S/C8H15B.C4H10/c1-3-7-5-2-6-8(4-1)9-7;1-4(2)3/h7-9H,1-6H2;4H,1-3H3. The second-order valence-corrected chi connectivity index (χ2v) is 5.56. The molecule has 2 aliphatic rings. The van der Waals surface area contributed by atoms with Gasteiger partial charge in [0.25, 0.3) is 0 Å². The molecular weight excluding hydrogens is 155 g/mol. The quantitative estimate of drug-likeness (QED) is 0.493. The van der Waals surface area contributed by atoms with Crippen LogP contribution in [-0.4, -0.2) is 7.28 Å². The molecule has 0 saturated carbocycles. The van der Waals surface area contributed by atoms with Crippen molar-refractivity contribution in [1.82, 2.24) is 0 Å². The third kappa shape index (κ3) is 4.74. The Kier molecular flexibility index (Phi) is 4.91. The zero-order valence-corrected chi connectivity index (χ0v) is 9.68. The molecule has 0 amide bonds. The molecule has 0 aromatic carbocycles. The highest BCUT2D eigenvalue weighted by molar-refractivity contribution is 6.40. The minimum absolute atomic E-state index is 0.833. The van der Waals surface area contributed by atoms with Crippen LogP contribution in [0.2, 0.25) is 11.6 Å². The minimum atomic E-state index is 0.833. The van der Waals surface area contributed by atoms with Crippen LogP contribution in [0.3, 0.4) is 0 Å². The fraction of sp³-hybridized carbons (Fsp3) is 1.00. The lowest BCUT2D eigenvalue weighted by atomic mass is 9.44. The van der Waals surface area contributed by atoms with Crippen molar-refractivity contribution in [1.29, 1.82) is 0 Å². The molecule has 0 aromatic heterocycles. The summed E-state index contributed by atoms with van der Waals surface area (Å²) < 4.78 is 0. The van der Waals surface area contributed by atoms with Gasteiger partial charge in [-0.1, -0.05) is 70.9 Å². The van der Waals surface area contributed by atoms with Crippen LogP contribution in [0.1, 0.15) is 59.3 Å². The van der Waals surface area contributed by atoms with Gasteiger partial charge >= 0.3 is 0 Å². The molecule has 0 unspecified atom stereocenters. The summed E-state index contributed by atoms with van der Waals surface area (Å²) in [6.45, 7) is 6.50. The number of fused-ring (bicyclic) bond motifs is 2. The average molecular weight is 180 g/mol. The Balaban J connectivity index is 0.000000184. The Hall–Kier alpha value is 0.0649. The van der Waals surface area contributed by atoms with Crippen LogP contribution in [0.25, 0.3) is 0 Å². The van der Waals surface area contributed by atoms with Crippen molar-refractivity contribution in [2.75, 3.05) is 0 Å². The molecule has 0 N–H and O–H groups in total. The van der Waals surface area contributed by atoms with Gasteiger partial charge < -0.3 is 0 Å². The highest BCUT2D eigenvalue weighted by Gasteiger charge is 2.26. The SMILES string of the molecule is B1C2CCCC1CCC2.CC(C)C. The Labute approximate surface area is 84.7 Å². The molecule has 2 saturated heterocycles. The third-order valence-electron chi connectivity index (χ3n) is 3.12. The van der Waals surface area contributed by atoms with Gasteiger partial charge in [-0.05, 0) is 5.92 Å². The third-order valence-corrected chi connectivity index (χ3v) is 3.12. The van der Waals surface area contributed by atoms with Gasteiger partial charge in [0.2, 0.25) is 0 Å². The summed E-state index contributed by atoms with van der Waals surface area (Å²) >= 11 is 0. The maximum Gasteiger partial charge on any atom is 0.127 e. The van der Waals surface area contributed by atoms with Crippen molar-refractivity contribution in [2.24, 2.45) is 5.92 Å². The molecule has 0 nitrogen and oxygen atoms in total. The number of hydrogen-bond acceptors (Lipinski definition) is 0. The highest BCUT2D eigenvalue weighted by Crippen LogP contribution is 2.40. The van der Waals surface area contributed by atoms with E-state index in [1.54, 1.807) is 33.0 Å². The van der Waals surface area contributed by atoms with Crippen molar-refractivity contribution in [3.63, 3.8) is 0 Å². The van der Waals surface area contributed by atoms with Crippen LogP contribution >= 0.6 is 0 Å². The fourth-order valence-electron chi connectivity index (χ4n) is 2.62. The topological polar surface area (TPSA) is 0 Å². The second-order valence-electron chi connectivity index (χ2n) is 5.56. The zero-order chi connectivity index (χ0) is 9.68. The first-order valence-electron chi connectivity index (χ1n) is 6.18. The van der Waals surface area contributed by atoms with Crippen LogP contribution in [0.4, 0.5) is 0 Å². The van der Waals surface area contributed by atoms with Gasteiger partial charge in [-0.15, -0.1) is 0 Å². The summed E-state index contributed by atoms with van der Waals surface area (Å²) in [4.78, 5) is 0. The first-order chi connectivity index (χ1) is 6.18. The Morgan fingerprint density at radius 2 is 1.15 bits per heavy atom. The van der Waals surface area contributed by atoms with E-state index in [9.17, 15) is 0 Å². The summed E-state index contributed by atoms with van der Waals surface area (Å²) in [7, 11) is 1.58.